The molecule has 0 radical (unpaired) electrons. The second-order valence-electron chi connectivity index (χ2n) is 5.70. The minimum absolute atomic E-state index is 0.00427. The van der Waals surface area contributed by atoms with Crippen LogP contribution in [0, 0.1) is 0 Å². The van der Waals surface area contributed by atoms with Crippen molar-refractivity contribution >= 4 is 35.0 Å². The zero-order chi connectivity index (χ0) is 20.1. The SMILES string of the molecule is CC(=O)N[C@@H](C(N)=O)C(=O)Nc1ccc(N2CCOCC2=O)c(C(F)F)c1. The average molecular weight is 384 g/mol. The molecule has 0 spiro atoms. The van der Waals surface area contributed by atoms with E-state index in [2.05, 4.69) is 10.6 Å². The van der Waals surface area contributed by atoms with E-state index in [1.165, 1.54) is 17.0 Å². The number of rotatable bonds is 6. The Balaban J connectivity index is 2.27. The molecule has 1 aromatic carbocycles. The summed E-state index contributed by atoms with van der Waals surface area (Å²) in [6, 6.07) is 1.90. The summed E-state index contributed by atoms with van der Waals surface area (Å²) in [6.45, 7) is 1.21. The van der Waals surface area contributed by atoms with Crippen molar-refractivity contribution in [3.05, 3.63) is 23.8 Å². The van der Waals surface area contributed by atoms with Crippen molar-refractivity contribution in [1.82, 2.24) is 5.32 Å². The molecule has 146 valence electrons. The maximum atomic E-state index is 13.5. The predicted octanol–water partition coefficient (Wildman–Crippen LogP) is -0.0841. The minimum Gasteiger partial charge on any atom is -0.370 e. The van der Waals surface area contributed by atoms with Gasteiger partial charge in [0.15, 0.2) is 6.04 Å². The van der Waals surface area contributed by atoms with Crippen LogP contribution < -0.4 is 21.3 Å². The number of halogens is 2. The molecule has 1 aliphatic heterocycles. The number of benzene rings is 1. The molecule has 0 bridgehead atoms. The summed E-state index contributed by atoms with van der Waals surface area (Å²) < 4.78 is 31.9. The average Bonchev–Trinajstić information content (AvgIpc) is 2.59. The van der Waals surface area contributed by atoms with Gasteiger partial charge in [0.25, 0.3) is 18.2 Å². The van der Waals surface area contributed by atoms with Gasteiger partial charge in [-0.05, 0) is 18.2 Å². The number of alkyl halides is 2. The second-order valence-corrected chi connectivity index (χ2v) is 5.70. The molecular formula is C16H18F2N4O5. The summed E-state index contributed by atoms with van der Waals surface area (Å²) in [5, 5.41) is 4.31. The van der Waals surface area contributed by atoms with E-state index in [0.717, 1.165) is 13.0 Å². The fraction of sp³-hybridized carbons (Fsp3) is 0.375. The van der Waals surface area contributed by atoms with E-state index >= 15 is 0 Å². The van der Waals surface area contributed by atoms with E-state index in [1.54, 1.807) is 0 Å². The molecule has 1 aromatic rings. The molecule has 0 saturated carbocycles. The van der Waals surface area contributed by atoms with E-state index in [4.69, 9.17) is 10.5 Å². The third kappa shape index (κ3) is 4.97. The van der Waals surface area contributed by atoms with Gasteiger partial charge in [-0.3, -0.25) is 19.2 Å². The summed E-state index contributed by atoms with van der Waals surface area (Å²) in [5.74, 6) is -3.21. The summed E-state index contributed by atoms with van der Waals surface area (Å²) in [7, 11) is 0. The first-order valence-corrected chi connectivity index (χ1v) is 7.88. The fourth-order valence-corrected chi connectivity index (χ4v) is 2.51. The minimum atomic E-state index is -2.92. The fourth-order valence-electron chi connectivity index (χ4n) is 2.51. The van der Waals surface area contributed by atoms with Crippen LogP contribution in [0.4, 0.5) is 20.2 Å². The molecule has 2 rings (SSSR count). The first-order chi connectivity index (χ1) is 12.7. The number of morpholine rings is 1. The molecule has 1 atom stereocenters. The number of nitrogens with one attached hydrogen (secondary N) is 2. The van der Waals surface area contributed by atoms with E-state index in [-0.39, 0.29) is 31.1 Å². The number of hydrogen-bond acceptors (Lipinski definition) is 5. The van der Waals surface area contributed by atoms with Crippen molar-refractivity contribution in [2.24, 2.45) is 5.73 Å². The van der Waals surface area contributed by atoms with Crippen LogP contribution in [0.5, 0.6) is 0 Å². The lowest BCUT2D eigenvalue weighted by Gasteiger charge is -2.29. The summed E-state index contributed by atoms with van der Waals surface area (Å²) in [4.78, 5) is 47.6. The Kier molecular flexibility index (Phi) is 6.40. The van der Waals surface area contributed by atoms with Gasteiger partial charge in [-0.25, -0.2) is 8.78 Å². The molecule has 0 unspecified atom stereocenters. The van der Waals surface area contributed by atoms with Crippen LogP contribution in [-0.2, 0) is 23.9 Å². The molecule has 0 aliphatic carbocycles. The van der Waals surface area contributed by atoms with Crippen LogP contribution in [-0.4, -0.2) is 49.4 Å². The number of carbonyl (C=O) groups excluding carboxylic acids is 4. The van der Waals surface area contributed by atoms with E-state index in [9.17, 15) is 28.0 Å². The van der Waals surface area contributed by atoms with Crippen molar-refractivity contribution in [1.29, 1.82) is 0 Å². The van der Waals surface area contributed by atoms with Gasteiger partial charge in [-0.2, -0.15) is 0 Å². The van der Waals surface area contributed by atoms with Crippen molar-refractivity contribution in [3.63, 3.8) is 0 Å². The maximum absolute atomic E-state index is 13.5. The number of ether oxygens (including phenoxy) is 1. The highest BCUT2D eigenvalue weighted by Crippen LogP contribution is 2.33. The summed E-state index contributed by atoms with van der Waals surface area (Å²) in [5.41, 5.74) is 4.55. The van der Waals surface area contributed by atoms with Crippen LogP contribution >= 0.6 is 0 Å². The molecule has 0 aromatic heterocycles. The molecule has 1 fully saturated rings. The molecule has 4 amide bonds. The summed E-state index contributed by atoms with van der Waals surface area (Å²) in [6.07, 6.45) is -2.92. The van der Waals surface area contributed by atoms with E-state index < -0.39 is 41.7 Å². The molecule has 4 N–H and O–H groups in total. The smallest absolute Gasteiger partial charge is 0.265 e. The van der Waals surface area contributed by atoms with Gasteiger partial charge < -0.3 is 26.0 Å². The topological polar surface area (TPSA) is 131 Å². The lowest BCUT2D eigenvalue weighted by Crippen LogP contribution is -2.51. The molecule has 11 heteroatoms. The number of primary amides is 1. The third-order valence-corrected chi connectivity index (χ3v) is 3.70. The first-order valence-electron chi connectivity index (χ1n) is 7.88. The van der Waals surface area contributed by atoms with Crippen molar-refractivity contribution < 1.29 is 32.7 Å². The van der Waals surface area contributed by atoms with Gasteiger partial charge in [0.1, 0.15) is 6.61 Å². The Morgan fingerprint density at radius 3 is 2.56 bits per heavy atom. The quantitative estimate of drug-likeness (QED) is 0.590. The molecule has 1 heterocycles. The Hall–Kier alpha value is -3.08. The molecule has 1 aliphatic rings. The number of anilines is 2. The summed E-state index contributed by atoms with van der Waals surface area (Å²) >= 11 is 0. The van der Waals surface area contributed by atoms with Crippen LogP contribution in [0.3, 0.4) is 0 Å². The van der Waals surface area contributed by atoms with Crippen LogP contribution in [0.15, 0.2) is 18.2 Å². The molecule has 9 nitrogen and oxygen atoms in total. The zero-order valence-corrected chi connectivity index (χ0v) is 14.3. The zero-order valence-electron chi connectivity index (χ0n) is 14.3. The van der Waals surface area contributed by atoms with Gasteiger partial charge in [0.05, 0.1) is 12.3 Å². The van der Waals surface area contributed by atoms with E-state index in [0.29, 0.717) is 0 Å². The van der Waals surface area contributed by atoms with Gasteiger partial charge >= 0.3 is 0 Å². The largest absolute Gasteiger partial charge is 0.370 e. The Labute approximate surface area is 152 Å². The Bertz CT molecular complexity index is 771. The van der Waals surface area contributed by atoms with Crippen molar-refractivity contribution in [2.45, 2.75) is 19.4 Å². The lowest BCUT2D eigenvalue weighted by molar-refractivity contribution is -0.132. The number of nitrogens with zero attached hydrogens (tertiary/aromatic N) is 1. The van der Waals surface area contributed by atoms with Crippen LogP contribution in [0.2, 0.25) is 0 Å². The van der Waals surface area contributed by atoms with Gasteiger partial charge in [0.2, 0.25) is 11.8 Å². The number of hydrogen-bond donors (Lipinski definition) is 3. The van der Waals surface area contributed by atoms with Crippen molar-refractivity contribution in [3.8, 4) is 0 Å². The Morgan fingerprint density at radius 1 is 1.30 bits per heavy atom. The standard InChI is InChI=1S/C16H18F2N4O5/c1-8(23)20-13(15(19)25)16(26)21-9-2-3-11(10(6-9)14(17)18)22-4-5-27-7-12(22)24/h2-3,6,13-14H,4-5,7H2,1H3,(H2,19,25)(H,20,23)(H,21,26)/t13-/m0/s1. The van der Waals surface area contributed by atoms with Crippen LogP contribution in [0.25, 0.3) is 0 Å². The number of amides is 4. The monoisotopic (exact) mass is 384 g/mol. The second kappa shape index (κ2) is 8.54. The highest BCUT2D eigenvalue weighted by molar-refractivity contribution is 6.11. The maximum Gasteiger partial charge on any atom is 0.265 e. The van der Waals surface area contributed by atoms with Gasteiger partial charge in [-0.15, -0.1) is 0 Å². The van der Waals surface area contributed by atoms with E-state index in [1.807, 2.05) is 0 Å². The third-order valence-electron chi connectivity index (χ3n) is 3.70. The highest BCUT2D eigenvalue weighted by atomic mass is 19.3. The first kappa shape index (κ1) is 20.2. The van der Waals surface area contributed by atoms with Crippen molar-refractivity contribution in [2.75, 3.05) is 30.0 Å². The predicted molar refractivity (Wildman–Crippen MR) is 90.0 cm³/mol. The normalized spacial score (nSPS) is 15.4. The number of nitrogens with two attached hydrogens (primary N) is 1. The lowest BCUT2D eigenvalue weighted by atomic mass is 10.1. The molecule has 27 heavy (non-hydrogen) atoms. The number of carbonyl (C=O) groups is 4. The van der Waals surface area contributed by atoms with Gasteiger partial charge in [0, 0.05) is 24.7 Å². The molecule has 1 saturated heterocycles. The Morgan fingerprint density at radius 2 is 2.00 bits per heavy atom. The van der Waals surface area contributed by atoms with Gasteiger partial charge in [-0.1, -0.05) is 0 Å². The highest BCUT2D eigenvalue weighted by Gasteiger charge is 2.28. The van der Waals surface area contributed by atoms with Crippen LogP contribution in [0.1, 0.15) is 18.9 Å². The molecular weight excluding hydrogens is 366 g/mol.